The fraction of sp³-hybridized carbons (Fsp3) is 0.389. The molecule has 0 bridgehead atoms. The fourth-order valence-electron chi connectivity index (χ4n) is 2.32. The van der Waals surface area contributed by atoms with Gasteiger partial charge in [0.05, 0.1) is 25.7 Å². The number of carbonyl (C=O) groups excluding carboxylic acids is 1. The lowest BCUT2D eigenvalue weighted by Gasteiger charge is -2.20. The van der Waals surface area contributed by atoms with Gasteiger partial charge in [0.2, 0.25) is 5.91 Å². The number of hydrogen-bond acceptors (Lipinski definition) is 7. The van der Waals surface area contributed by atoms with Crippen LogP contribution in [0.1, 0.15) is 13.8 Å². The topological polar surface area (TPSA) is 63.7 Å². The number of nitrogens with zero attached hydrogens (tertiary/aromatic N) is 2. The Labute approximate surface area is 173 Å². The van der Waals surface area contributed by atoms with Crippen LogP contribution in [0.2, 0.25) is 0 Å². The van der Waals surface area contributed by atoms with Gasteiger partial charge in [0, 0.05) is 30.1 Å². The quantitative estimate of drug-likeness (QED) is 0.638. The molecule has 0 aliphatic rings. The van der Waals surface area contributed by atoms with E-state index < -0.39 is 0 Å². The summed E-state index contributed by atoms with van der Waals surface area (Å²) in [6.45, 7) is 5.76. The Morgan fingerprint density at radius 3 is 2.67 bits per heavy atom. The second-order valence-corrected chi connectivity index (χ2v) is 7.85. The molecule has 0 radical (unpaired) electrons. The zero-order valence-electron chi connectivity index (χ0n) is 15.8. The van der Waals surface area contributed by atoms with Gasteiger partial charge in [-0.15, -0.1) is 11.3 Å². The van der Waals surface area contributed by atoms with Crippen LogP contribution in [-0.4, -0.2) is 53.2 Å². The van der Waals surface area contributed by atoms with Gasteiger partial charge in [-0.3, -0.25) is 4.79 Å². The van der Waals surface area contributed by atoms with E-state index in [9.17, 15) is 4.79 Å². The number of thioether (sulfide) groups is 1. The predicted octanol–water partition coefficient (Wildman–Crippen LogP) is 4.13. The Kier molecular flexibility index (Phi) is 8.33. The summed E-state index contributed by atoms with van der Waals surface area (Å²) in [5.41, 5.74) is 1.58. The van der Waals surface area contributed by atoms with Crippen molar-refractivity contribution in [2.24, 2.45) is 0 Å². The van der Waals surface area contributed by atoms with Gasteiger partial charge in [0.25, 0.3) is 0 Å². The average molecular weight is 426 g/mol. The molecule has 0 unspecified atom stereocenters. The van der Waals surface area contributed by atoms with Crippen molar-refractivity contribution in [3.63, 3.8) is 0 Å². The average Bonchev–Trinajstić information content (AvgIpc) is 3.14. The molecule has 9 heteroatoms. The number of ether oxygens (including phenoxy) is 2. The molecule has 27 heavy (non-hydrogen) atoms. The second-order valence-electron chi connectivity index (χ2n) is 5.38. The largest absolute Gasteiger partial charge is 0.497 e. The Balaban J connectivity index is 2.00. The van der Waals surface area contributed by atoms with Crippen LogP contribution < -0.4 is 14.8 Å². The van der Waals surface area contributed by atoms with E-state index in [1.54, 1.807) is 20.3 Å². The Morgan fingerprint density at radius 2 is 2.04 bits per heavy atom. The molecule has 1 N–H and O–H groups in total. The summed E-state index contributed by atoms with van der Waals surface area (Å²) in [5, 5.41) is 5.25. The van der Waals surface area contributed by atoms with Crippen LogP contribution in [0.4, 0.5) is 5.13 Å². The molecule has 0 atom stereocenters. The molecule has 0 aliphatic heterocycles. The highest BCUT2D eigenvalue weighted by atomic mass is 32.2. The summed E-state index contributed by atoms with van der Waals surface area (Å²) in [6, 6.07) is 5.54. The van der Waals surface area contributed by atoms with Crippen molar-refractivity contribution < 1.29 is 14.3 Å². The number of methoxy groups -OCH3 is 2. The highest BCUT2D eigenvalue weighted by Crippen LogP contribution is 2.34. The summed E-state index contributed by atoms with van der Waals surface area (Å²) in [5.74, 6) is 1.51. The summed E-state index contributed by atoms with van der Waals surface area (Å²) >= 11 is 8.08. The molecular formula is C18H23N3O3S3. The highest BCUT2D eigenvalue weighted by molar-refractivity contribution is 8.23. The first kappa shape index (κ1) is 21.5. The minimum absolute atomic E-state index is 0.128. The molecule has 146 valence electrons. The van der Waals surface area contributed by atoms with Crippen LogP contribution in [-0.2, 0) is 4.79 Å². The monoisotopic (exact) mass is 425 g/mol. The van der Waals surface area contributed by atoms with E-state index in [1.807, 2.05) is 36.3 Å². The molecule has 1 amide bonds. The molecule has 6 nitrogen and oxygen atoms in total. The standard InChI is InChI=1S/C18H23N3O3S3/c1-5-21(6-2)18(25)27-11-16(22)20-17-19-14(10-26-17)13-8-7-12(23-3)9-15(13)24-4/h7-10H,5-6,11H2,1-4H3,(H,19,20,22). The number of thiazole rings is 1. The van der Waals surface area contributed by atoms with E-state index in [2.05, 4.69) is 10.3 Å². The van der Waals surface area contributed by atoms with E-state index in [0.29, 0.717) is 16.6 Å². The minimum Gasteiger partial charge on any atom is -0.497 e. The van der Waals surface area contributed by atoms with Crippen molar-refractivity contribution in [2.75, 3.05) is 38.4 Å². The van der Waals surface area contributed by atoms with E-state index >= 15 is 0 Å². The van der Waals surface area contributed by atoms with E-state index in [-0.39, 0.29) is 11.7 Å². The molecule has 2 rings (SSSR count). The second kappa shape index (κ2) is 10.5. The SMILES string of the molecule is CCN(CC)C(=S)SCC(=O)Nc1nc(-c2ccc(OC)cc2OC)cs1. The number of aromatic nitrogens is 1. The van der Waals surface area contributed by atoms with Gasteiger partial charge in [0.15, 0.2) is 5.13 Å². The van der Waals surface area contributed by atoms with Gasteiger partial charge in [-0.25, -0.2) is 4.98 Å². The number of nitrogens with one attached hydrogen (secondary N) is 1. The van der Waals surface area contributed by atoms with Crippen LogP contribution >= 0.6 is 35.3 Å². The molecule has 0 aliphatic carbocycles. The van der Waals surface area contributed by atoms with Gasteiger partial charge in [-0.05, 0) is 26.0 Å². The van der Waals surface area contributed by atoms with Crippen molar-refractivity contribution in [3.8, 4) is 22.8 Å². The zero-order valence-corrected chi connectivity index (χ0v) is 18.2. The molecule has 2 aromatic rings. The van der Waals surface area contributed by atoms with Crippen LogP contribution in [0.5, 0.6) is 11.5 Å². The molecular weight excluding hydrogens is 402 g/mol. The molecule has 0 spiro atoms. The van der Waals surface area contributed by atoms with E-state index in [1.165, 1.54) is 23.1 Å². The van der Waals surface area contributed by atoms with Gasteiger partial charge < -0.3 is 19.7 Å². The van der Waals surface area contributed by atoms with Crippen molar-refractivity contribution in [1.29, 1.82) is 0 Å². The third-order valence-corrected chi connectivity index (χ3v) is 6.06. The summed E-state index contributed by atoms with van der Waals surface area (Å²) in [7, 11) is 3.21. The third-order valence-electron chi connectivity index (χ3n) is 3.78. The Bertz CT molecular complexity index is 791. The van der Waals surface area contributed by atoms with Crippen molar-refractivity contribution in [3.05, 3.63) is 23.6 Å². The minimum atomic E-state index is -0.128. The smallest absolute Gasteiger partial charge is 0.236 e. The van der Waals surface area contributed by atoms with Gasteiger partial charge >= 0.3 is 0 Å². The highest BCUT2D eigenvalue weighted by Gasteiger charge is 2.14. The molecule has 1 heterocycles. The third kappa shape index (κ3) is 5.82. The first-order valence-corrected chi connectivity index (χ1v) is 10.7. The van der Waals surface area contributed by atoms with Crippen LogP contribution in [0, 0.1) is 0 Å². The van der Waals surface area contributed by atoms with E-state index in [4.69, 9.17) is 21.7 Å². The maximum atomic E-state index is 12.2. The van der Waals surface area contributed by atoms with Gasteiger partial charge in [-0.1, -0.05) is 24.0 Å². The normalized spacial score (nSPS) is 10.4. The van der Waals surface area contributed by atoms with Crippen LogP contribution in [0.25, 0.3) is 11.3 Å². The van der Waals surface area contributed by atoms with E-state index in [0.717, 1.165) is 28.7 Å². The fourth-order valence-corrected chi connectivity index (χ4v) is 4.25. The van der Waals surface area contributed by atoms with Gasteiger partial charge in [-0.2, -0.15) is 0 Å². The number of carbonyl (C=O) groups is 1. The predicted molar refractivity (Wildman–Crippen MR) is 117 cm³/mol. The maximum absolute atomic E-state index is 12.2. The summed E-state index contributed by atoms with van der Waals surface area (Å²) < 4.78 is 11.4. The van der Waals surface area contributed by atoms with Crippen molar-refractivity contribution in [1.82, 2.24) is 9.88 Å². The number of hydrogen-bond donors (Lipinski definition) is 1. The lowest BCUT2D eigenvalue weighted by molar-refractivity contribution is -0.113. The Morgan fingerprint density at radius 1 is 1.30 bits per heavy atom. The maximum Gasteiger partial charge on any atom is 0.236 e. The van der Waals surface area contributed by atoms with Gasteiger partial charge in [0.1, 0.15) is 15.8 Å². The first-order valence-electron chi connectivity index (χ1n) is 8.41. The van der Waals surface area contributed by atoms with Crippen LogP contribution in [0.15, 0.2) is 23.6 Å². The number of thiocarbonyl (C=S) groups is 1. The lowest BCUT2D eigenvalue weighted by atomic mass is 10.1. The zero-order chi connectivity index (χ0) is 19.8. The number of benzene rings is 1. The molecule has 0 fully saturated rings. The van der Waals surface area contributed by atoms with Crippen LogP contribution in [0.3, 0.4) is 0 Å². The molecule has 1 aromatic heterocycles. The van der Waals surface area contributed by atoms with Crippen molar-refractivity contribution >= 4 is 50.7 Å². The summed E-state index contributed by atoms with van der Waals surface area (Å²) in [6.07, 6.45) is 0. The first-order chi connectivity index (χ1) is 13.0. The molecule has 0 saturated heterocycles. The lowest BCUT2D eigenvalue weighted by Crippen LogP contribution is -2.28. The Hall–Kier alpha value is -1.84. The molecule has 1 aromatic carbocycles. The number of amides is 1. The number of anilines is 1. The summed E-state index contributed by atoms with van der Waals surface area (Å²) in [4.78, 5) is 18.7. The molecule has 0 saturated carbocycles. The number of rotatable bonds is 8. The van der Waals surface area contributed by atoms with Crippen molar-refractivity contribution in [2.45, 2.75) is 13.8 Å².